The van der Waals surface area contributed by atoms with Crippen LogP contribution in [0, 0.1) is 0 Å². The molecule has 0 saturated carbocycles. The van der Waals surface area contributed by atoms with E-state index in [1.165, 1.54) is 79.4 Å². The molecule has 4 aromatic heterocycles. The molecule has 5 heteroatoms. The van der Waals surface area contributed by atoms with Crippen molar-refractivity contribution in [3.05, 3.63) is 170 Å². The summed E-state index contributed by atoms with van der Waals surface area (Å²) < 4.78 is 4.95. The largest absolute Gasteiger partial charge is 0.277 e. The smallest absolute Gasteiger partial charge is 0.235 e. The Hall–Kier alpha value is -7.21. The molecular formula is C51H28N4S. The monoisotopic (exact) mass is 728 g/mol. The maximum atomic E-state index is 5.63. The SMILES string of the molecule is c1ccc2c(c1)cc(-c1nc(-n3c4ccccc4c4c5ccccc5c5c6c7ccccc7sc6c6ccccc6c5c43)nc3cccnc13)c1ccccc12. The first-order valence-electron chi connectivity index (χ1n) is 19.0. The molecule has 0 aliphatic carbocycles. The molecule has 9 aromatic carbocycles. The minimum Gasteiger partial charge on any atom is -0.277 e. The van der Waals surface area contributed by atoms with Gasteiger partial charge in [0.1, 0.15) is 11.2 Å². The predicted octanol–water partition coefficient (Wildman–Crippen LogP) is 13.9. The quantitative estimate of drug-likeness (QED) is 0.166. The van der Waals surface area contributed by atoms with E-state index in [0.717, 1.165) is 38.7 Å². The maximum absolute atomic E-state index is 5.63. The molecule has 0 spiro atoms. The highest BCUT2D eigenvalue weighted by atomic mass is 32.1. The third-order valence-corrected chi connectivity index (χ3v) is 13.0. The molecule has 0 fully saturated rings. The van der Waals surface area contributed by atoms with Crippen molar-refractivity contribution in [2.45, 2.75) is 0 Å². The number of hydrogen-bond acceptors (Lipinski definition) is 4. The van der Waals surface area contributed by atoms with E-state index < -0.39 is 0 Å². The molecule has 0 N–H and O–H groups in total. The summed E-state index contributed by atoms with van der Waals surface area (Å²) >= 11 is 1.89. The lowest BCUT2D eigenvalue weighted by atomic mass is 9.90. The van der Waals surface area contributed by atoms with E-state index in [2.05, 4.69) is 162 Å². The number of benzene rings is 9. The van der Waals surface area contributed by atoms with Crippen molar-refractivity contribution in [1.82, 2.24) is 19.5 Å². The fourth-order valence-electron chi connectivity index (χ4n) is 9.53. The lowest BCUT2D eigenvalue weighted by Crippen LogP contribution is -2.05. The lowest BCUT2D eigenvalue weighted by Gasteiger charge is -2.16. The average molecular weight is 729 g/mol. The Morgan fingerprint density at radius 1 is 0.446 bits per heavy atom. The second kappa shape index (κ2) is 11.2. The zero-order valence-corrected chi connectivity index (χ0v) is 30.7. The van der Waals surface area contributed by atoms with Gasteiger partial charge in [0, 0.05) is 58.9 Å². The Labute approximate surface area is 323 Å². The molecule has 258 valence electrons. The standard InChI is InChI=1S/C51H28N4S/c1-2-15-30-29(14-1)28-39(32-17-4-3-16-31(30)32)47-48-40(24-13-27-52-48)53-51(54-47)55-41-25-11-9-22-37(41)43-33-18-5-6-19-34(33)44-45(49(43)55)35-20-7-8-21-36(35)50-46(44)38-23-10-12-26-42(38)56-50/h1-28H. The van der Waals surface area contributed by atoms with Crippen LogP contribution in [-0.4, -0.2) is 19.5 Å². The Morgan fingerprint density at radius 2 is 1.07 bits per heavy atom. The third-order valence-electron chi connectivity index (χ3n) is 11.8. The minimum absolute atomic E-state index is 0.625. The summed E-state index contributed by atoms with van der Waals surface area (Å²) in [5.74, 6) is 0.625. The van der Waals surface area contributed by atoms with E-state index in [4.69, 9.17) is 15.0 Å². The molecule has 0 unspecified atom stereocenters. The molecule has 0 atom stereocenters. The Morgan fingerprint density at radius 3 is 1.89 bits per heavy atom. The summed E-state index contributed by atoms with van der Waals surface area (Å²) in [6.07, 6.45) is 1.85. The van der Waals surface area contributed by atoms with Gasteiger partial charge in [0.2, 0.25) is 5.95 Å². The zero-order valence-electron chi connectivity index (χ0n) is 29.9. The molecule has 0 aliphatic rings. The zero-order chi connectivity index (χ0) is 36.5. The first-order chi connectivity index (χ1) is 27.8. The van der Waals surface area contributed by atoms with Gasteiger partial charge in [-0.15, -0.1) is 11.3 Å². The van der Waals surface area contributed by atoms with E-state index in [-0.39, 0.29) is 0 Å². The summed E-state index contributed by atoms with van der Waals surface area (Å²) in [6, 6.07) is 59.1. The number of pyridine rings is 1. The van der Waals surface area contributed by atoms with Crippen molar-refractivity contribution in [2.24, 2.45) is 0 Å². The van der Waals surface area contributed by atoms with E-state index in [9.17, 15) is 0 Å². The van der Waals surface area contributed by atoms with Crippen LogP contribution >= 0.6 is 11.3 Å². The highest BCUT2D eigenvalue weighted by molar-refractivity contribution is 7.27. The predicted molar refractivity (Wildman–Crippen MR) is 238 cm³/mol. The van der Waals surface area contributed by atoms with Crippen molar-refractivity contribution in [2.75, 3.05) is 0 Å². The molecule has 0 saturated heterocycles. The number of fused-ring (bicyclic) bond motifs is 19. The van der Waals surface area contributed by atoms with Crippen molar-refractivity contribution < 1.29 is 0 Å². The molecule has 0 aliphatic heterocycles. The Kier molecular flexibility index (Phi) is 6.01. The molecule has 56 heavy (non-hydrogen) atoms. The van der Waals surface area contributed by atoms with Gasteiger partial charge < -0.3 is 0 Å². The highest BCUT2D eigenvalue weighted by Gasteiger charge is 2.26. The van der Waals surface area contributed by atoms with Crippen molar-refractivity contribution in [3.63, 3.8) is 0 Å². The summed E-state index contributed by atoms with van der Waals surface area (Å²) in [6.45, 7) is 0. The van der Waals surface area contributed by atoms with Gasteiger partial charge >= 0.3 is 0 Å². The van der Waals surface area contributed by atoms with Gasteiger partial charge in [-0.1, -0.05) is 133 Å². The van der Waals surface area contributed by atoms with Crippen LogP contribution in [0.25, 0.3) is 124 Å². The second-order valence-electron chi connectivity index (χ2n) is 14.7. The molecular weight excluding hydrogens is 701 g/mol. The topological polar surface area (TPSA) is 43.6 Å². The van der Waals surface area contributed by atoms with Gasteiger partial charge in [-0.3, -0.25) is 9.55 Å². The first kappa shape index (κ1) is 30.2. The van der Waals surface area contributed by atoms with Crippen molar-refractivity contribution >= 4 is 118 Å². The summed E-state index contributed by atoms with van der Waals surface area (Å²) in [7, 11) is 0. The summed E-state index contributed by atoms with van der Waals surface area (Å²) in [5.41, 5.74) is 5.63. The highest BCUT2D eigenvalue weighted by Crippen LogP contribution is 2.51. The van der Waals surface area contributed by atoms with Gasteiger partial charge in [-0.05, 0) is 68.0 Å². The summed E-state index contributed by atoms with van der Waals surface area (Å²) in [5, 5.41) is 17.1. The minimum atomic E-state index is 0.625. The van der Waals surface area contributed by atoms with Gasteiger partial charge in [-0.2, -0.15) is 0 Å². The number of rotatable bonds is 2. The van der Waals surface area contributed by atoms with Gasteiger partial charge in [0.15, 0.2) is 0 Å². The second-order valence-corrected chi connectivity index (χ2v) is 15.7. The van der Waals surface area contributed by atoms with Crippen LogP contribution in [0.2, 0.25) is 0 Å². The molecule has 0 bridgehead atoms. The Bertz CT molecular complexity index is 3840. The molecule has 4 heterocycles. The maximum Gasteiger partial charge on any atom is 0.235 e. The lowest BCUT2D eigenvalue weighted by molar-refractivity contribution is 1.01. The van der Waals surface area contributed by atoms with E-state index >= 15 is 0 Å². The van der Waals surface area contributed by atoms with Crippen LogP contribution < -0.4 is 0 Å². The third kappa shape index (κ3) is 3.94. The fraction of sp³-hybridized carbons (Fsp3) is 0. The van der Waals surface area contributed by atoms with E-state index in [0.29, 0.717) is 5.95 Å². The first-order valence-corrected chi connectivity index (χ1v) is 19.8. The number of thiophene rings is 1. The summed E-state index contributed by atoms with van der Waals surface area (Å²) in [4.78, 5) is 16.0. The van der Waals surface area contributed by atoms with Gasteiger partial charge in [0.25, 0.3) is 0 Å². The number of para-hydroxylation sites is 1. The van der Waals surface area contributed by atoms with Crippen molar-refractivity contribution in [3.8, 4) is 17.2 Å². The fourth-order valence-corrected chi connectivity index (χ4v) is 10.8. The van der Waals surface area contributed by atoms with E-state index in [1.807, 2.05) is 23.6 Å². The van der Waals surface area contributed by atoms with Crippen LogP contribution in [0.1, 0.15) is 0 Å². The molecule has 13 aromatic rings. The van der Waals surface area contributed by atoms with Crippen LogP contribution in [0.4, 0.5) is 0 Å². The molecule has 4 nitrogen and oxygen atoms in total. The van der Waals surface area contributed by atoms with E-state index in [1.54, 1.807) is 0 Å². The number of nitrogens with zero attached hydrogens (tertiary/aromatic N) is 4. The van der Waals surface area contributed by atoms with Gasteiger partial charge in [-0.25, -0.2) is 9.97 Å². The normalized spacial score (nSPS) is 12.3. The Balaban J connectivity index is 1.28. The van der Waals surface area contributed by atoms with Gasteiger partial charge in [0.05, 0.1) is 16.6 Å². The van der Waals surface area contributed by atoms with Crippen LogP contribution in [0.5, 0.6) is 0 Å². The number of hydrogen-bond donors (Lipinski definition) is 0. The van der Waals surface area contributed by atoms with Crippen molar-refractivity contribution in [1.29, 1.82) is 0 Å². The van der Waals surface area contributed by atoms with Crippen LogP contribution in [-0.2, 0) is 0 Å². The molecule has 0 amide bonds. The van der Waals surface area contributed by atoms with Crippen LogP contribution in [0.15, 0.2) is 170 Å². The van der Waals surface area contributed by atoms with Crippen LogP contribution in [0.3, 0.4) is 0 Å². The molecule has 13 rings (SSSR count). The number of aromatic nitrogens is 4. The molecule has 0 radical (unpaired) electrons. The average Bonchev–Trinajstić information content (AvgIpc) is 3.83.